The molecule has 0 aliphatic rings. The van der Waals surface area contributed by atoms with Gasteiger partial charge >= 0.3 is 6.09 Å². The number of carbonyl (C=O) groups excluding carboxylic acids is 1. The second-order valence-electron chi connectivity index (χ2n) is 8.06. The highest BCUT2D eigenvalue weighted by atomic mass is 32.1. The molecule has 0 saturated carbocycles. The number of hydrogen-bond donors (Lipinski definition) is 2. The third kappa shape index (κ3) is 6.18. The quantitative estimate of drug-likeness (QED) is 0.402. The maximum Gasteiger partial charge on any atom is 0.410 e. The summed E-state index contributed by atoms with van der Waals surface area (Å²) in [6.45, 7) is 7.89. The number of thiazole rings is 1. The fourth-order valence-electron chi connectivity index (χ4n) is 2.55. The third-order valence-corrected chi connectivity index (χ3v) is 6.23. The lowest BCUT2D eigenvalue weighted by atomic mass is 10.1. The summed E-state index contributed by atoms with van der Waals surface area (Å²) in [4.78, 5) is 28.5. The molecule has 166 valence electrons. The first kappa shape index (κ1) is 23.0. The Labute approximate surface area is 188 Å². The molecule has 0 bridgehead atoms. The first-order valence-corrected chi connectivity index (χ1v) is 11.4. The standard InChI is InChI=1S/C20H26N6O3S2/c1-12(9-27)15-6-14-17(21-11-22-18(14)31-15)25-23-7-16-24-13(10-30-16)8-26(5)19(28)29-20(2,3)4/h6-7,10-12,27H,8-9H2,1-5H3,(H,21,22,25). The van der Waals surface area contributed by atoms with Crippen LogP contribution in [-0.2, 0) is 11.3 Å². The lowest BCUT2D eigenvalue weighted by Crippen LogP contribution is -2.33. The van der Waals surface area contributed by atoms with Crippen molar-refractivity contribution in [3.05, 3.63) is 33.4 Å². The molecular weight excluding hydrogens is 436 g/mol. The van der Waals surface area contributed by atoms with Gasteiger partial charge in [0.2, 0.25) is 0 Å². The minimum Gasteiger partial charge on any atom is -0.444 e. The SMILES string of the molecule is CC(CO)c1cc2c(NN=Cc3nc(CN(C)C(=O)OC(C)(C)C)cs3)ncnc2s1. The number of nitrogens with one attached hydrogen (secondary N) is 1. The molecule has 0 radical (unpaired) electrons. The van der Waals surface area contributed by atoms with E-state index in [0.717, 1.165) is 20.8 Å². The van der Waals surface area contributed by atoms with Crippen molar-refractivity contribution in [1.29, 1.82) is 0 Å². The van der Waals surface area contributed by atoms with Gasteiger partial charge in [-0.15, -0.1) is 22.7 Å². The molecule has 1 unspecified atom stereocenters. The molecule has 3 aromatic heterocycles. The van der Waals surface area contributed by atoms with Crippen LogP contribution in [0.15, 0.2) is 22.9 Å². The number of fused-ring (bicyclic) bond motifs is 1. The summed E-state index contributed by atoms with van der Waals surface area (Å²) in [5, 5.41) is 17.1. The molecule has 0 aliphatic heterocycles. The van der Waals surface area contributed by atoms with Crippen LogP contribution in [-0.4, -0.2) is 56.5 Å². The zero-order valence-electron chi connectivity index (χ0n) is 18.1. The van der Waals surface area contributed by atoms with Crippen LogP contribution in [0.5, 0.6) is 0 Å². The first-order valence-electron chi connectivity index (χ1n) is 9.69. The van der Waals surface area contributed by atoms with E-state index in [9.17, 15) is 9.90 Å². The van der Waals surface area contributed by atoms with E-state index in [2.05, 4.69) is 25.5 Å². The fraction of sp³-hybridized carbons (Fsp3) is 0.450. The van der Waals surface area contributed by atoms with Crippen molar-refractivity contribution < 1.29 is 14.6 Å². The Morgan fingerprint density at radius 3 is 2.90 bits per heavy atom. The van der Waals surface area contributed by atoms with Crippen LogP contribution < -0.4 is 5.43 Å². The molecule has 2 N–H and O–H groups in total. The highest BCUT2D eigenvalue weighted by molar-refractivity contribution is 7.18. The topological polar surface area (TPSA) is 113 Å². The fourth-order valence-corrected chi connectivity index (χ4v) is 4.26. The van der Waals surface area contributed by atoms with E-state index in [-0.39, 0.29) is 12.5 Å². The van der Waals surface area contributed by atoms with E-state index in [4.69, 9.17) is 4.74 Å². The monoisotopic (exact) mass is 462 g/mol. The van der Waals surface area contributed by atoms with E-state index < -0.39 is 11.7 Å². The molecule has 31 heavy (non-hydrogen) atoms. The predicted molar refractivity (Wildman–Crippen MR) is 124 cm³/mol. The Kier molecular flexibility index (Phi) is 7.19. The molecule has 3 heterocycles. The second-order valence-corrected chi connectivity index (χ2v) is 10.0. The van der Waals surface area contributed by atoms with Crippen LogP contribution in [0.1, 0.15) is 49.2 Å². The van der Waals surface area contributed by atoms with Crippen LogP contribution in [0.3, 0.4) is 0 Å². The van der Waals surface area contributed by atoms with Crippen molar-refractivity contribution in [3.63, 3.8) is 0 Å². The van der Waals surface area contributed by atoms with Crippen LogP contribution in [0.2, 0.25) is 0 Å². The van der Waals surface area contributed by atoms with Gasteiger partial charge in [0.05, 0.1) is 30.4 Å². The normalized spacial score (nSPS) is 13.0. The molecule has 0 aliphatic carbocycles. The van der Waals surface area contributed by atoms with E-state index in [1.54, 1.807) is 13.3 Å². The Balaban J connectivity index is 1.63. The number of hydrogen-bond acceptors (Lipinski definition) is 10. The number of rotatable bonds is 7. The molecular formula is C20H26N6O3S2. The summed E-state index contributed by atoms with van der Waals surface area (Å²) in [5.74, 6) is 0.637. The smallest absolute Gasteiger partial charge is 0.410 e. The molecule has 3 rings (SSSR count). The molecule has 9 nitrogen and oxygen atoms in total. The molecule has 0 spiro atoms. The van der Waals surface area contributed by atoms with Crippen LogP contribution in [0.25, 0.3) is 10.2 Å². The summed E-state index contributed by atoms with van der Waals surface area (Å²) in [6.07, 6.45) is 2.70. The Morgan fingerprint density at radius 1 is 1.42 bits per heavy atom. The number of ether oxygens (including phenoxy) is 1. The summed E-state index contributed by atoms with van der Waals surface area (Å²) in [6, 6.07) is 1.98. The summed E-state index contributed by atoms with van der Waals surface area (Å²) < 4.78 is 5.35. The predicted octanol–water partition coefficient (Wildman–Crippen LogP) is 4.06. The van der Waals surface area contributed by atoms with Gasteiger partial charge in [-0.05, 0) is 26.8 Å². The van der Waals surface area contributed by atoms with Gasteiger partial charge in [-0.3, -0.25) is 5.43 Å². The van der Waals surface area contributed by atoms with Crippen LogP contribution in [0, 0.1) is 0 Å². The van der Waals surface area contributed by atoms with Crippen molar-refractivity contribution >= 4 is 51.0 Å². The number of amides is 1. The Morgan fingerprint density at radius 2 is 2.19 bits per heavy atom. The van der Waals surface area contributed by atoms with Crippen LogP contribution >= 0.6 is 22.7 Å². The zero-order valence-corrected chi connectivity index (χ0v) is 19.8. The van der Waals surface area contributed by atoms with Crippen molar-refractivity contribution in [2.45, 2.75) is 45.8 Å². The number of carbonyl (C=O) groups is 1. The molecule has 3 aromatic rings. The van der Waals surface area contributed by atoms with Crippen molar-refractivity contribution in [2.24, 2.45) is 5.10 Å². The summed E-state index contributed by atoms with van der Waals surface area (Å²) in [7, 11) is 1.68. The van der Waals surface area contributed by atoms with Gasteiger partial charge in [0.25, 0.3) is 0 Å². The molecule has 1 amide bonds. The maximum absolute atomic E-state index is 12.1. The second kappa shape index (κ2) is 9.67. The number of aliphatic hydroxyl groups excluding tert-OH is 1. The molecule has 0 saturated heterocycles. The lowest BCUT2D eigenvalue weighted by Gasteiger charge is -2.24. The zero-order chi connectivity index (χ0) is 22.6. The largest absolute Gasteiger partial charge is 0.444 e. The third-order valence-electron chi connectivity index (χ3n) is 4.13. The van der Waals surface area contributed by atoms with Gasteiger partial charge < -0.3 is 14.7 Å². The Hall–Kier alpha value is -2.63. The minimum atomic E-state index is -0.539. The van der Waals surface area contributed by atoms with Crippen LogP contribution in [0.4, 0.5) is 10.6 Å². The summed E-state index contributed by atoms with van der Waals surface area (Å²) in [5.41, 5.74) is 3.16. The lowest BCUT2D eigenvalue weighted by molar-refractivity contribution is 0.0283. The van der Waals surface area contributed by atoms with Gasteiger partial charge in [-0.25, -0.2) is 19.7 Å². The molecule has 11 heteroatoms. The van der Waals surface area contributed by atoms with E-state index in [1.165, 1.54) is 33.9 Å². The average molecular weight is 463 g/mol. The highest BCUT2D eigenvalue weighted by Gasteiger charge is 2.20. The number of aromatic nitrogens is 3. The minimum absolute atomic E-state index is 0.0445. The Bertz CT molecular complexity index is 1070. The number of nitrogens with zero attached hydrogens (tertiary/aromatic N) is 5. The average Bonchev–Trinajstić information content (AvgIpc) is 3.33. The van der Waals surface area contributed by atoms with Crippen molar-refractivity contribution in [1.82, 2.24) is 19.9 Å². The van der Waals surface area contributed by atoms with Crippen molar-refractivity contribution in [3.8, 4) is 0 Å². The van der Waals surface area contributed by atoms with E-state index in [0.29, 0.717) is 17.4 Å². The first-order chi connectivity index (χ1) is 14.7. The molecule has 0 fully saturated rings. The van der Waals surface area contributed by atoms with Crippen molar-refractivity contribution in [2.75, 3.05) is 19.1 Å². The van der Waals surface area contributed by atoms with Gasteiger partial charge in [0, 0.05) is 23.2 Å². The number of hydrazone groups is 1. The van der Waals surface area contributed by atoms with Gasteiger partial charge in [-0.1, -0.05) is 6.92 Å². The molecule has 1 atom stereocenters. The van der Waals surface area contributed by atoms with Gasteiger partial charge in [0.1, 0.15) is 21.8 Å². The highest BCUT2D eigenvalue weighted by Crippen LogP contribution is 2.32. The number of aliphatic hydroxyl groups is 1. The maximum atomic E-state index is 12.1. The number of thiophene rings is 1. The van der Waals surface area contributed by atoms with E-state index >= 15 is 0 Å². The number of anilines is 1. The molecule has 0 aromatic carbocycles. The summed E-state index contributed by atoms with van der Waals surface area (Å²) >= 11 is 2.96. The van der Waals surface area contributed by atoms with Gasteiger partial charge in [-0.2, -0.15) is 5.10 Å². The van der Waals surface area contributed by atoms with E-state index in [1.807, 2.05) is 39.1 Å². The van der Waals surface area contributed by atoms with Gasteiger partial charge in [0.15, 0.2) is 5.82 Å².